The normalized spacial score (nSPS) is 9.65. The van der Waals surface area contributed by atoms with Crippen LogP contribution in [0.15, 0.2) is 24.3 Å². The first-order valence-corrected chi connectivity index (χ1v) is 6.54. The van der Waals surface area contributed by atoms with Crippen LogP contribution in [0.3, 0.4) is 0 Å². The van der Waals surface area contributed by atoms with Crippen molar-refractivity contribution in [2.24, 2.45) is 0 Å². The van der Waals surface area contributed by atoms with Crippen LogP contribution < -0.4 is 10.1 Å². The number of aliphatic hydroxyl groups is 1. The third kappa shape index (κ3) is 5.21. The molecule has 0 spiro atoms. The molecule has 108 valence electrons. The molecule has 0 saturated heterocycles. The Kier molecular flexibility index (Phi) is 7.01. The van der Waals surface area contributed by atoms with Gasteiger partial charge < -0.3 is 20.1 Å². The van der Waals surface area contributed by atoms with E-state index in [1.54, 1.807) is 29.2 Å². The Morgan fingerprint density at radius 2 is 2.10 bits per heavy atom. The maximum atomic E-state index is 12.0. The van der Waals surface area contributed by atoms with Crippen LogP contribution in [0.1, 0.15) is 13.3 Å². The number of benzene rings is 1. The number of rotatable bonds is 7. The van der Waals surface area contributed by atoms with Gasteiger partial charge in [-0.15, -0.1) is 6.42 Å². The van der Waals surface area contributed by atoms with Gasteiger partial charge in [0.05, 0.1) is 6.61 Å². The Labute approximate surface area is 119 Å². The van der Waals surface area contributed by atoms with Crippen molar-refractivity contribution in [2.45, 2.75) is 13.3 Å². The second kappa shape index (κ2) is 8.83. The molecule has 1 aromatic carbocycles. The summed E-state index contributed by atoms with van der Waals surface area (Å²) >= 11 is 0. The lowest BCUT2D eigenvalue weighted by molar-refractivity contribution is 0.188. The smallest absolute Gasteiger partial charge is 0.321 e. The van der Waals surface area contributed by atoms with Gasteiger partial charge in [-0.05, 0) is 30.7 Å². The Morgan fingerprint density at radius 1 is 1.40 bits per heavy atom. The lowest BCUT2D eigenvalue weighted by atomic mass is 10.3. The highest BCUT2D eigenvalue weighted by atomic mass is 16.5. The summed E-state index contributed by atoms with van der Waals surface area (Å²) in [6.07, 6.45) is 5.94. The van der Waals surface area contributed by atoms with E-state index in [1.807, 2.05) is 6.92 Å². The Morgan fingerprint density at radius 3 is 2.65 bits per heavy atom. The number of hydrogen-bond donors (Lipinski definition) is 2. The molecule has 1 aromatic rings. The van der Waals surface area contributed by atoms with Crippen molar-refractivity contribution < 1.29 is 14.6 Å². The zero-order valence-corrected chi connectivity index (χ0v) is 11.6. The summed E-state index contributed by atoms with van der Waals surface area (Å²) < 4.78 is 5.25. The number of terminal acetylenes is 1. The molecule has 0 aliphatic carbocycles. The standard InChI is InChI=1S/C15H20N2O3/c1-3-9-17(10-11-18)15(19)16-13-5-7-14(8-6-13)20-12-4-2/h2,5-8,18H,3,9-12H2,1H3,(H,16,19). The lowest BCUT2D eigenvalue weighted by Crippen LogP contribution is -2.37. The number of ether oxygens (including phenoxy) is 1. The molecule has 0 heterocycles. The largest absolute Gasteiger partial charge is 0.481 e. The van der Waals surface area contributed by atoms with E-state index < -0.39 is 0 Å². The molecule has 0 bridgehead atoms. The molecule has 0 radical (unpaired) electrons. The number of carbonyl (C=O) groups is 1. The second-order valence-electron chi connectivity index (χ2n) is 4.16. The molecule has 20 heavy (non-hydrogen) atoms. The number of hydrogen-bond acceptors (Lipinski definition) is 3. The summed E-state index contributed by atoms with van der Waals surface area (Å²) in [5.41, 5.74) is 0.669. The van der Waals surface area contributed by atoms with E-state index in [1.165, 1.54) is 0 Å². The molecular formula is C15H20N2O3. The summed E-state index contributed by atoms with van der Waals surface area (Å²) in [6, 6.07) is 6.74. The van der Waals surface area contributed by atoms with E-state index in [2.05, 4.69) is 11.2 Å². The molecule has 5 heteroatoms. The highest BCUT2D eigenvalue weighted by molar-refractivity contribution is 5.89. The van der Waals surface area contributed by atoms with E-state index in [9.17, 15) is 4.79 Å². The van der Waals surface area contributed by atoms with Crippen molar-refractivity contribution in [3.05, 3.63) is 24.3 Å². The van der Waals surface area contributed by atoms with E-state index in [0.29, 0.717) is 24.5 Å². The first-order valence-electron chi connectivity index (χ1n) is 6.54. The monoisotopic (exact) mass is 276 g/mol. The van der Waals surface area contributed by atoms with Gasteiger partial charge in [-0.2, -0.15) is 0 Å². The summed E-state index contributed by atoms with van der Waals surface area (Å²) in [5.74, 6) is 3.04. The summed E-state index contributed by atoms with van der Waals surface area (Å²) in [6.45, 7) is 3.08. The van der Waals surface area contributed by atoms with Gasteiger partial charge in [-0.1, -0.05) is 12.8 Å². The molecule has 2 N–H and O–H groups in total. The summed E-state index contributed by atoms with van der Waals surface area (Å²) in [5, 5.41) is 11.7. The molecule has 0 aromatic heterocycles. The molecule has 0 atom stereocenters. The van der Waals surface area contributed by atoms with Crippen LogP contribution in [-0.2, 0) is 0 Å². The van der Waals surface area contributed by atoms with Crippen molar-refractivity contribution in [1.82, 2.24) is 4.90 Å². The predicted molar refractivity (Wildman–Crippen MR) is 78.7 cm³/mol. The van der Waals surface area contributed by atoms with Crippen LogP contribution >= 0.6 is 0 Å². The second-order valence-corrected chi connectivity index (χ2v) is 4.16. The Balaban J connectivity index is 2.58. The zero-order chi connectivity index (χ0) is 14.8. The molecule has 2 amide bonds. The lowest BCUT2D eigenvalue weighted by Gasteiger charge is -2.21. The molecule has 0 saturated carbocycles. The molecular weight excluding hydrogens is 256 g/mol. The highest BCUT2D eigenvalue weighted by Gasteiger charge is 2.11. The zero-order valence-electron chi connectivity index (χ0n) is 11.6. The van der Waals surface area contributed by atoms with E-state index >= 15 is 0 Å². The minimum Gasteiger partial charge on any atom is -0.481 e. The van der Waals surface area contributed by atoms with Crippen molar-refractivity contribution in [2.75, 3.05) is 31.6 Å². The predicted octanol–water partition coefficient (Wildman–Crippen LogP) is 1.93. The molecule has 0 unspecified atom stereocenters. The SMILES string of the molecule is C#CCOc1ccc(NC(=O)N(CCC)CCO)cc1. The van der Waals surface area contributed by atoms with Gasteiger partial charge in [-0.3, -0.25) is 0 Å². The van der Waals surface area contributed by atoms with Crippen LogP contribution in [0.25, 0.3) is 0 Å². The fraction of sp³-hybridized carbons (Fsp3) is 0.400. The number of aliphatic hydroxyl groups excluding tert-OH is 1. The van der Waals surface area contributed by atoms with Gasteiger partial charge in [0.25, 0.3) is 0 Å². The van der Waals surface area contributed by atoms with Crippen molar-refractivity contribution in [3.63, 3.8) is 0 Å². The Bertz CT molecular complexity index is 445. The van der Waals surface area contributed by atoms with Crippen molar-refractivity contribution in [3.8, 4) is 18.1 Å². The topological polar surface area (TPSA) is 61.8 Å². The van der Waals surface area contributed by atoms with Crippen molar-refractivity contribution in [1.29, 1.82) is 0 Å². The van der Waals surface area contributed by atoms with Gasteiger partial charge in [-0.25, -0.2) is 4.79 Å². The minimum absolute atomic E-state index is 0.0493. The fourth-order valence-electron chi connectivity index (χ4n) is 1.67. The number of amides is 2. The van der Waals surface area contributed by atoms with E-state index in [4.69, 9.17) is 16.3 Å². The number of carbonyl (C=O) groups excluding carboxylic acids is 1. The maximum absolute atomic E-state index is 12.0. The van der Waals surface area contributed by atoms with Crippen LogP contribution in [-0.4, -0.2) is 42.3 Å². The first-order chi connectivity index (χ1) is 9.71. The third-order valence-corrected chi connectivity index (χ3v) is 2.58. The summed E-state index contributed by atoms with van der Waals surface area (Å²) in [4.78, 5) is 13.6. The van der Waals surface area contributed by atoms with Crippen LogP contribution in [0.5, 0.6) is 5.75 Å². The molecule has 5 nitrogen and oxygen atoms in total. The van der Waals surface area contributed by atoms with Gasteiger partial charge in [0.15, 0.2) is 0 Å². The van der Waals surface area contributed by atoms with Gasteiger partial charge in [0, 0.05) is 18.8 Å². The number of urea groups is 1. The quantitative estimate of drug-likeness (QED) is 0.748. The molecule has 0 aliphatic rings. The highest BCUT2D eigenvalue weighted by Crippen LogP contribution is 2.16. The number of nitrogens with one attached hydrogen (secondary N) is 1. The molecule has 1 rings (SSSR count). The summed E-state index contributed by atoms with van der Waals surface area (Å²) in [7, 11) is 0. The molecule has 0 fully saturated rings. The van der Waals surface area contributed by atoms with Gasteiger partial charge >= 0.3 is 6.03 Å². The first kappa shape index (κ1) is 15.9. The van der Waals surface area contributed by atoms with E-state index in [-0.39, 0.29) is 19.2 Å². The fourth-order valence-corrected chi connectivity index (χ4v) is 1.67. The average Bonchev–Trinajstić information content (AvgIpc) is 2.46. The van der Waals surface area contributed by atoms with E-state index in [0.717, 1.165) is 6.42 Å². The van der Waals surface area contributed by atoms with Crippen LogP contribution in [0.2, 0.25) is 0 Å². The van der Waals surface area contributed by atoms with Crippen LogP contribution in [0.4, 0.5) is 10.5 Å². The minimum atomic E-state index is -0.224. The Hall–Kier alpha value is -2.19. The maximum Gasteiger partial charge on any atom is 0.321 e. The third-order valence-electron chi connectivity index (χ3n) is 2.58. The molecule has 0 aliphatic heterocycles. The van der Waals surface area contributed by atoms with Gasteiger partial charge in [0.1, 0.15) is 12.4 Å². The number of anilines is 1. The van der Waals surface area contributed by atoms with Crippen molar-refractivity contribution >= 4 is 11.7 Å². The van der Waals surface area contributed by atoms with Crippen LogP contribution in [0, 0.1) is 12.3 Å². The number of nitrogens with zero attached hydrogens (tertiary/aromatic N) is 1. The van der Waals surface area contributed by atoms with Gasteiger partial charge in [0.2, 0.25) is 0 Å². The average molecular weight is 276 g/mol.